The van der Waals surface area contributed by atoms with Crippen molar-refractivity contribution in [2.45, 2.75) is 36.3 Å². The fourth-order valence-electron chi connectivity index (χ4n) is 1.99. The van der Waals surface area contributed by atoms with E-state index in [9.17, 15) is 21.9 Å². The Hall–Kier alpha value is -1.78. The Morgan fingerprint density at radius 2 is 1.23 bits per heavy atom. The molecule has 0 aromatic heterocycles. The molecule has 0 saturated carbocycles. The zero-order valence-electron chi connectivity index (χ0n) is 14.3. The van der Waals surface area contributed by atoms with Crippen LogP contribution in [0, 0.1) is 13.8 Å². The van der Waals surface area contributed by atoms with E-state index < -0.39 is 33.1 Å². The van der Waals surface area contributed by atoms with Gasteiger partial charge in [0.2, 0.25) is 0 Å². The van der Waals surface area contributed by atoms with Crippen LogP contribution in [0.4, 0.5) is 0 Å². The van der Waals surface area contributed by atoms with Crippen LogP contribution >= 0.6 is 0 Å². The molecule has 2 aromatic carbocycles. The van der Waals surface area contributed by atoms with Crippen LogP contribution in [0.25, 0.3) is 0 Å². The summed E-state index contributed by atoms with van der Waals surface area (Å²) in [5.74, 6) is 0. The van der Waals surface area contributed by atoms with Crippen LogP contribution in [-0.2, 0) is 28.6 Å². The molecule has 0 aliphatic carbocycles. The molecule has 2 aromatic rings. The van der Waals surface area contributed by atoms with Gasteiger partial charge in [0.05, 0.1) is 16.4 Å². The van der Waals surface area contributed by atoms with Gasteiger partial charge in [0.1, 0.15) is 0 Å². The van der Waals surface area contributed by atoms with Gasteiger partial charge in [-0.1, -0.05) is 35.4 Å². The molecule has 7 nitrogen and oxygen atoms in total. The zero-order valence-corrected chi connectivity index (χ0v) is 16.0. The van der Waals surface area contributed by atoms with E-state index in [4.69, 9.17) is 4.18 Å². The van der Waals surface area contributed by atoms with Crippen LogP contribution in [-0.4, -0.2) is 34.8 Å². The molecule has 0 spiro atoms. The monoisotopic (exact) mass is 400 g/mol. The van der Waals surface area contributed by atoms with Crippen molar-refractivity contribution >= 4 is 20.2 Å². The van der Waals surface area contributed by atoms with Crippen LogP contribution in [0.15, 0.2) is 58.3 Å². The number of aliphatic hydroxyl groups is 1. The molecule has 0 saturated heterocycles. The van der Waals surface area contributed by atoms with Crippen molar-refractivity contribution in [3.8, 4) is 0 Å². The number of hydrogen-bond acceptors (Lipinski definition) is 7. The first-order valence-electron chi connectivity index (χ1n) is 7.74. The summed E-state index contributed by atoms with van der Waals surface area (Å²) >= 11 is 0. The summed E-state index contributed by atoms with van der Waals surface area (Å²) in [6.45, 7) is 3.19. The third-order valence-corrected chi connectivity index (χ3v) is 6.11. The molecule has 1 N–H and O–H groups in total. The van der Waals surface area contributed by atoms with E-state index in [1.807, 2.05) is 6.92 Å². The van der Waals surface area contributed by atoms with Crippen molar-refractivity contribution < 1.29 is 30.3 Å². The Balaban J connectivity index is 1.91. The first-order chi connectivity index (χ1) is 12.1. The summed E-state index contributed by atoms with van der Waals surface area (Å²) in [6, 6.07) is 12.0. The van der Waals surface area contributed by atoms with Gasteiger partial charge < -0.3 is 5.11 Å². The summed E-state index contributed by atoms with van der Waals surface area (Å²) in [5.41, 5.74) is 1.77. The van der Waals surface area contributed by atoms with E-state index in [1.54, 1.807) is 31.2 Å². The number of rotatable bonds is 8. The fourth-order valence-corrected chi connectivity index (χ4v) is 3.88. The minimum absolute atomic E-state index is 0.0224. The predicted octanol–water partition coefficient (Wildman–Crippen LogP) is 2.12. The largest absolute Gasteiger partial charge is 0.367 e. The molecule has 0 aliphatic rings. The Bertz CT molecular complexity index is 932. The highest BCUT2D eigenvalue weighted by molar-refractivity contribution is 7.87. The first kappa shape index (κ1) is 20.5. The van der Waals surface area contributed by atoms with E-state index in [0.29, 0.717) is 0 Å². The van der Waals surface area contributed by atoms with Crippen molar-refractivity contribution in [2.75, 3.05) is 6.61 Å². The van der Waals surface area contributed by atoms with Gasteiger partial charge in [-0.2, -0.15) is 16.8 Å². The lowest BCUT2D eigenvalue weighted by atomic mass is 10.2. The lowest BCUT2D eigenvalue weighted by molar-refractivity contribution is -0.0250. The topological polar surface area (TPSA) is 107 Å². The smallest absolute Gasteiger partial charge is 0.299 e. The number of benzene rings is 2. The Morgan fingerprint density at radius 1 is 0.808 bits per heavy atom. The standard InChI is InChI=1S/C17H20O7S2/c1-13-3-7-15(8-4-13)25(19,20)23-12-11-17(18)24-26(21,22)16-9-5-14(2)6-10-16/h3-10,17-18H,11-12H2,1-2H3. The molecular formula is C17H20O7S2. The lowest BCUT2D eigenvalue weighted by Gasteiger charge is -2.12. The van der Waals surface area contributed by atoms with Crippen LogP contribution in [0.3, 0.4) is 0 Å². The van der Waals surface area contributed by atoms with Gasteiger partial charge in [0, 0.05) is 6.42 Å². The fraction of sp³-hybridized carbons (Fsp3) is 0.294. The van der Waals surface area contributed by atoms with Gasteiger partial charge in [-0.3, -0.25) is 4.18 Å². The van der Waals surface area contributed by atoms with Gasteiger partial charge in [-0.15, -0.1) is 0 Å². The molecule has 0 fully saturated rings. The minimum atomic E-state index is -4.15. The maximum Gasteiger partial charge on any atom is 0.299 e. The normalized spacial score (nSPS) is 13.5. The number of aliphatic hydroxyl groups excluding tert-OH is 1. The van der Waals surface area contributed by atoms with E-state index in [0.717, 1.165) is 11.1 Å². The van der Waals surface area contributed by atoms with Crippen molar-refractivity contribution in [3.05, 3.63) is 59.7 Å². The number of hydrogen-bond donors (Lipinski definition) is 1. The number of aryl methyl sites for hydroxylation is 2. The summed E-state index contributed by atoms with van der Waals surface area (Å²) in [4.78, 5) is -0.124. The molecule has 0 aliphatic heterocycles. The van der Waals surface area contributed by atoms with E-state index in [-0.39, 0.29) is 16.2 Å². The molecule has 0 bridgehead atoms. The average Bonchev–Trinajstić information content (AvgIpc) is 2.55. The second kappa shape index (κ2) is 8.28. The molecule has 1 unspecified atom stereocenters. The molecule has 1 atom stereocenters. The molecule has 0 heterocycles. The van der Waals surface area contributed by atoms with Crippen LogP contribution in [0.5, 0.6) is 0 Å². The molecule has 9 heteroatoms. The summed E-state index contributed by atoms with van der Waals surface area (Å²) in [7, 11) is -8.14. The Morgan fingerprint density at radius 3 is 1.69 bits per heavy atom. The third-order valence-electron chi connectivity index (χ3n) is 3.46. The SMILES string of the molecule is Cc1ccc(S(=O)(=O)OCCC(O)OS(=O)(=O)c2ccc(C)cc2)cc1. The van der Waals surface area contributed by atoms with Crippen LogP contribution in [0.2, 0.25) is 0 Å². The van der Waals surface area contributed by atoms with Gasteiger partial charge in [-0.25, -0.2) is 4.18 Å². The van der Waals surface area contributed by atoms with Crippen LogP contribution in [0.1, 0.15) is 17.5 Å². The molecule has 142 valence electrons. The van der Waals surface area contributed by atoms with Gasteiger partial charge in [-0.05, 0) is 38.1 Å². The van der Waals surface area contributed by atoms with E-state index in [1.165, 1.54) is 24.3 Å². The quantitative estimate of drug-likeness (QED) is 0.534. The second-order valence-electron chi connectivity index (χ2n) is 5.70. The molecule has 0 radical (unpaired) electrons. The van der Waals surface area contributed by atoms with Crippen molar-refractivity contribution in [1.29, 1.82) is 0 Å². The Kier molecular flexibility index (Phi) is 6.53. The maximum absolute atomic E-state index is 12.0. The Labute approximate surface area is 153 Å². The van der Waals surface area contributed by atoms with Gasteiger partial charge in [0.15, 0.2) is 6.29 Å². The van der Waals surface area contributed by atoms with E-state index in [2.05, 4.69) is 4.18 Å². The highest BCUT2D eigenvalue weighted by atomic mass is 32.2. The second-order valence-corrected chi connectivity index (χ2v) is 8.88. The first-order valence-corrected chi connectivity index (χ1v) is 10.6. The van der Waals surface area contributed by atoms with Crippen molar-refractivity contribution in [1.82, 2.24) is 0 Å². The summed E-state index contributed by atoms with van der Waals surface area (Å²) < 4.78 is 57.5. The zero-order chi connectivity index (χ0) is 19.4. The highest BCUT2D eigenvalue weighted by Crippen LogP contribution is 2.17. The van der Waals surface area contributed by atoms with E-state index >= 15 is 0 Å². The molecule has 2 rings (SSSR count). The minimum Gasteiger partial charge on any atom is -0.367 e. The summed E-state index contributed by atoms with van der Waals surface area (Å²) in [5, 5.41) is 9.73. The third kappa shape index (κ3) is 5.61. The van der Waals surface area contributed by atoms with Crippen LogP contribution < -0.4 is 0 Å². The molecule has 26 heavy (non-hydrogen) atoms. The summed E-state index contributed by atoms with van der Waals surface area (Å²) in [6.07, 6.45) is -2.06. The highest BCUT2D eigenvalue weighted by Gasteiger charge is 2.21. The van der Waals surface area contributed by atoms with Crippen molar-refractivity contribution in [2.24, 2.45) is 0 Å². The molecule has 0 amide bonds. The maximum atomic E-state index is 12.0. The van der Waals surface area contributed by atoms with Crippen molar-refractivity contribution in [3.63, 3.8) is 0 Å². The molecular weight excluding hydrogens is 380 g/mol. The predicted molar refractivity (Wildman–Crippen MR) is 94.4 cm³/mol. The van der Waals surface area contributed by atoms with Gasteiger partial charge in [0.25, 0.3) is 20.2 Å². The average molecular weight is 400 g/mol. The lowest BCUT2D eigenvalue weighted by Crippen LogP contribution is -2.21. The van der Waals surface area contributed by atoms with Gasteiger partial charge >= 0.3 is 0 Å².